The maximum Gasteiger partial charge on any atom is 0.471 e. The van der Waals surface area contributed by atoms with Gasteiger partial charge in [-0.3, -0.25) is 9.59 Å². The number of unbranched alkanes of at least 4 members (excludes halogenated alkanes) is 1. The lowest BCUT2D eigenvalue weighted by atomic mass is 10.1. The van der Waals surface area contributed by atoms with Gasteiger partial charge in [-0.15, -0.1) is 0 Å². The minimum Gasteiger partial charge on any atom is -0.459 e. The summed E-state index contributed by atoms with van der Waals surface area (Å²) in [6.07, 6.45) is -4.47. The molecule has 1 aliphatic heterocycles. The van der Waals surface area contributed by atoms with Gasteiger partial charge >= 0.3 is 24.1 Å². The number of likely N-dealkylation sites (tertiary alicyclic amines) is 1. The summed E-state index contributed by atoms with van der Waals surface area (Å²) < 4.78 is 47.8. The molecule has 0 spiro atoms. The molecular formula is C28H32F3N3O6. The van der Waals surface area contributed by atoms with E-state index >= 15 is 0 Å². The van der Waals surface area contributed by atoms with E-state index in [1.807, 2.05) is 36.4 Å². The second-order valence-corrected chi connectivity index (χ2v) is 9.29. The fourth-order valence-corrected chi connectivity index (χ4v) is 4.24. The Bertz CT molecular complexity index is 1130. The number of nitrogens with zero attached hydrogens (tertiary/aromatic N) is 1. The molecule has 1 heterocycles. The van der Waals surface area contributed by atoms with Crippen LogP contribution in [0.1, 0.15) is 43.2 Å². The monoisotopic (exact) mass is 563 g/mol. The van der Waals surface area contributed by atoms with Gasteiger partial charge < -0.3 is 25.0 Å². The van der Waals surface area contributed by atoms with E-state index in [4.69, 9.17) is 9.47 Å². The van der Waals surface area contributed by atoms with Crippen LogP contribution in [0.3, 0.4) is 0 Å². The van der Waals surface area contributed by atoms with Crippen molar-refractivity contribution in [1.29, 1.82) is 0 Å². The van der Waals surface area contributed by atoms with Gasteiger partial charge in [0.15, 0.2) is 0 Å². The Hall–Kier alpha value is -4.09. The predicted octanol–water partition coefficient (Wildman–Crippen LogP) is 3.86. The second-order valence-electron chi connectivity index (χ2n) is 9.29. The molecule has 1 aliphatic rings. The summed E-state index contributed by atoms with van der Waals surface area (Å²) in [5, 5.41) is 4.31. The summed E-state index contributed by atoms with van der Waals surface area (Å²) in [7, 11) is 0. The van der Waals surface area contributed by atoms with E-state index in [-0.39, 0.29) is 45.6 Å². The smallest absolute Gasteiger partial charge is 0.459 e. The van der Waals surface area contributed by atoms with Crippen molar-refractivity contribution in [3.63, 3.8) is 0 Å². The molecule has 3 amide bonds. The largest absolute Gasteiger partial charge is 0.471 e. The number of ether oxygens (including phenoxy) is 2. The maximum atomic E-state index is 13.5. The molecule has 9 nitrogen and oxygen atoms in total. The van der Waals surface area contributed by atoms with Gasteiger partial charge in [-0.25, -0.2) is 9.59 Å². The van der Waals surface area contributed by atoms with E-state index in [1.54, 1.807) is 29.6 Å². The molecule has 3 rings (SSSR count). The molecule has 1 saturated heterocycles. The fourth-order valence-electron chi connectivity index (χ4n) is 4.24. The molecule has 2 N–H and O–H groups in total. The topological polar surface area (TPSA) is 114 Å². The Morgan fingerprint density at radius 2 is 1.50 bits per heavy atom. The average molecular weight is 564 g/mol. The number of rotatable bonds is 12. The number of carbonyl (C=O) groups is 4. The lowest BCUT2D eigenvalue weighted by Crippen LogP contribution is -2.52. The van der Waals surface area contributed by atoms with Crippen molar-refractivity contribution in [3.8, 4) is 0 Å². The van der Waals surface area contributed by atoms with E-state index < -0.39 is 42.1 Å². The van der Waals surface area contributed by atoms with E-state index in [9.17, 15) is 32.3 Å². The summed E-state index contributed by atoms with van der Waals surface area (Å²) >= 11 is 0. The molecule has 2 aromatic carbocycles. The van der Waals surface area contributed by atoms with Crippen molar-refractivity contribution >= 4 is 23.9 Å². The Kier molecular flexibility index (Phi) is 11.3. The summed E-state index contributed by atoms with van der Waals surface area (Å²) in [5.41, 5.74) is 1.53. The normalized spacial score (nSPS) is 15.7. The molecule has 0 aliphatic carbocycles. The first kappa shape index (κ1) is 30.5. The third-order valence-electron chi connectivity index (χ3n) is 6.30. The lowest BCUT2D eigenvalue weighted by molar-refractivity contribution is -0.173. The SMILES string of the molecule is O=C(N[C@@H](CCCCNC(=O)C(F)(F)F)C(=O)N1CCC[C@H]1C(=O)OCc1ccccc1)OCc1ccccc1. The molecule has 0 radical (unpaired) electrons. The van der Waals surface area contributed by atoms with E-state index in [0.29, 0.717) is 12.8 Å². The molecule has 2 aromatic rings. The molecule has 0 bridgehead atoms. The van der Waals surface area contributed by atoms with Crippen LogP contribution in [0, 0.1) is 0 Å². The Balaban J connectivity index is 1.59. The van der Waals surface area contributed by atoms with Gasteiger partial charge in [-0.05, 0) is 43.2 Å². The van der Waals surface area contributed by atoms with Crippen LogP contribution >= 0.6 is 0 Å². The van der Waals surface area contributed by atoms with E-state index in [2.05, 4.69) is 5.32 Å². The number of nitrogens with one attached hydrogen (secondary N) is 2. The van der Waals surface area contributed by atoms with Gasteiger partial charge in [-0.2, -0.15) is 13.2 Å². The highest BCUT2D eigenvalue weighted by molar-refractivity contribution is 5.90. The van der Waals surface area contributed by atoms with Crippen molar-refractivity contribution in [2.24, 2.45) is 0 Å². The van der Waals surface area contributed by atoms with Crippen molar-refractivity contribution in [1.82, 2.24) is 15.5 Å². The average Bonchev–Trinajstić information content (AvgIpc) is 3.44. The fraction of sp³-hybridized carbons (Fsp3) is 0.429. The standard InChI is InChI=1S/C28H32F3N3O6/c29-28(30,31)26(37)32-16-8-7-14-22(33-27(38)40-19-21-12-5-2-6-13-21)24(35)34-17-9-15-23(34)25(36)39-18-20-10-3-1-4-11-20/h1-6,10-13,22-23H,7-9,14-19H2,(H,32,37)(H,33,38)/t22-,23-/m0/s1. The molecular weight excluding hydrogens is 531 g/mol. The van der Waals surface area contributed by atoms with Crippen LogP contribution in [0.2, 0.25) is 0 Å². The number of amides is 3. The zero-order valence-corrected chi connectivity index (χ0v) is 21.8. The number of halogens is 3. The van der Waals surface area contributed by atoms with Crippen LogP contribution in [0.25, 0.3) is 0 Å². The highest BCUT2D eigenvalue weighted by Crippen LogP contribution is 2.22. The molecule has 0 saturated carbocycles. The third-order valence-corrected chi connectivity index (χ3v) is 6.30. The predicted molar refractivity (Wildman–Crippen MR) is 137 cm³/mol. The number of alkyl carbamates (subject to hydrolysis) is 1. The second kappa shape index (κ2) is 14.9. The van der Waals surface area contributed by atoms with E-state index in [0.717, 1.165) is 11.1 Å². The minimum absolute atomic E-state index is 0.0325. The highest BCUT2D eigenvalue weighted by Gasteiger charge is 2.39. The first-order chi connectivity index (χ1) is 19.1. The summed E-state index contributed by atoms with van der Waals surface area (Å²) in [4.78, 5) is 51.2. The summed E-state index contributed by atoms with van der Waals surface area (Å²) in [6.45, 7) is 0.0449. The molecule has 0 unspecified atom stereocenters. The maximum absolute atomic E-state index is 13.5. The molecule has 216 valence electrons. The van der Waals surface area contributed by atoms with Gasteiger partial charge in [0.05, 0.1) is 0 Å². The van der Waals surface area contributed by atoms with Gasteiger partial charge in [0.25, 0.3) is 0 Å². The molecule has 1 fully saturated rings. The number of hydrogen-bond donors (Lipinski definition) is 2. The number of alkyl halides is 3. The number of carbonyl (C=O) groups excluding carboxylic acids is 4. The van der Waals surface area contributed by atoms with Gasteiger partial charge in [0, 0.05) is 13.1 Å². The first-order valence-electron chi connectivity index (χ1n) is 13.0. The number of benzene rings is 2. The van der Waals surface area contributed by atoms with Crippen LogP contribution in [0.5, 0.6) is 0 Å². The molecule has 12 heteroatoms. The van der Waals surface area contributed by atoms with Crippen LogP contribution < -0.4 is 10.6 Å². The van der Waals surface area contributed by atoms with E-state index in [1.165, 1.54) is 4.90 Å². The molecule has 0 aromatic heterocycles. The Morgan fingerprint density at radius 3 is 2.10 bits per heavy atom. The summed E-state index contributed by atoms with van der Waals surface area (Å²) in [6, 6.07) is 16.1. The Morgan fingerprint density at radius 1 is 0.900 bits per heavy atom. The molecule has 2 atom stereocenters. The Labute approximate surface area is 230 Å². The first-order valence-corrected chi connectivity index (χ1v) is 13.0. The van der Waals surface area contributed by atoms with Crippen molar-refractivity contribution < 1.29 is 41.8 Å². The van der Waals surface area contributed by atoms with Gasteiger partial charge in [0.1, 0.15) is 25.3 Å². The van der Waals surface area contributed by atoms with Crippen molar-refractivity contribution in [2.45, 2.75) is 63.6 Å². The van der Waals surface area contributed by atoms with Crippen molar-refractivity contribution in [3.05, 3.63) is 71.8 Å². The van der Waals surface area contributed by atoms with Crippen LogP contribution in [0.4, 0.5) is 18.0 Å². The van der Waals surface area contributed by atoms with Crippen LogP contribution in [-0.2, 0) is 37.1 Å². The van der Waals surface area contributed by atoms with Crippen LogP contribution in [-0.4, -0.2) is 60.1 Å². The number of esters is 1. The third kappa shape index (κ3) is 9.58. The quantitative estimate of drug-likeness (QED) is 0.300. The zero-order valence-electron chi connectivity index (χ0n) is 21.8. The zero-order chi connectivity index (χ0) is 29.0. The van der Waals surface area contributed by atoms with Gasteiger partial charge in [-0.1, -0.05) is 60.7 Å². The minimum atomic E-state index is -4.98. The molecule has 40 heavy (non-hydrogen) atoms. The van der Waals surface area contributed by atoms with Gasteiger partial charge in [0.2, 0.25) is 5.91 Å². The highest BCUT2D eigenvalue weighted by atomic mass is 19.4. The lowest BCUT2D eigenvalue weighted by Gasteiger charge is -2.28. The number of hydrogen-bond acceptors (Lipinski definition) is 6. The summed E-state index contributed by atoms with van der Waals surface area (Å²) in [5.74, 6) is -3.12. The van der Waals surface area contributed by atoms with Crippen molar-refractivity contribution in [2.75, 3.05) is 13.1 Å². The van der Waals surface area contributed by atoms with Crippen LogP contribution in [0.15, 0.2) is 60.7 Å².